The molecule has 0 aromatic rings. The van der Waals surface area contributed by atoms with Crippen molar-refractivity contribution in [2.45, 2.75) is 38.5 Å². The van der Waals surface area contributed by atoms with Crippen LogP contribution in [0.1, 0.15) is 38.5 Å². The summed E-state index contributed by atoms with van der Waals surface area (Å²) < 4.78 is 0. The normalized spacial score (nSPS) is 37.5. The Morgan fingerprint density at radius 2 is 1.82 bits per heavy atom. The second-order valence-electron chi connectivity index (χ2n) is 3.82. The number of rotatable bonds is 0. The van der Waals surface area contributed by atoms with E-state index in [0.717, 1.165) is 32.1 Å². The summed E-state index contributed by atoms with van der Waals surface area (Å²) in [6.07, 6.45) is 6.35. The first-order chi connectivity index (χ1) is 5.26. The van der Waals surface area contributed by atoms with Gasteiger partial charge in [0.05, 0.1) is 0 Å². The van der Waals surface area contributed by atoms with Gasteiger partial charge in [-0.3, -0.25) is 4.79 Å². The van der Waals surface area contributed by atoms with Crippen molar-refractivity contribution in [2.24, 2.45) is 5.41 Å². The van der Waals surface area contributed by atoms with Crippen LogP contribution in [0.5, 0.6) is 0 Å². The summed E-state index contributed by atoms with van der Waals surface area (Å²) in [4.78, 5) is 11.5. The van der Waals surface area contributed by atoms with Gasteiger partial charge < -0.3 is 0 Å². The molecule has 1 nitrogen and oxygen atoms in total. The first-order valence-corrected chi connectivity index (χ1v) is 4.47. The minimum absolute atomic E-state index is 0.0278. The lowest BCUT2D eigenvalue weighted by Crippen LogP contribution is -2.22. The van der Waals surface area contributed by atoms with Crippen LogP contribution in [0.3, 0.4) is 0 Å². The molecule has 0 saturated heterocycles. The van der Waals surface area contributed by atoms with Gasteiger partial charge in [-0.2, -0.15) is 0 Å². The molecule has 0 bridgehead atoms. The van der Waals surface area contributed by atoms with Crippen LogP contribution in [0.25, 0.3) is 0 Å². The van der Waals surface area contributed by atoms with Crippen LogP contribution in [0, 0.1) is 5.41 Å². The number of allylic oxidation sites excluding steroid dienone is 1. The predicted octanol–water partition coefficient (Wildman–Crippen LogP) is 2.47. The third-order valence-electron chi connectivity index (χ3n) is 3.30. The zero-order valence-corrected chi connectivity index (χ0v) is 6.86. The summed E-state index contributed by atoms with van der Waals surface area (Å²) in [6.45, 7) is 4.02. The number of carbonyl (C=O) groups is 1. The van der Waals surface area contributed by atoms with Crippen LogP contribution in [-0.2, 0) is 4.79 Å². The maximum absolute atomic E-state index is 11.5. The van der Waals surface area contributed by atoms with Gasteiger partial charge in [0.25, 0.3) is 0 Å². The van der Waals surface area contributed by atoms with Gasteiger partial charge in [-0.25, -0.2) is 0 Å². The summed E-state index contributed by atoms with van der Waals surface area (Å²) in [5, 5.41) is 0. The highest BCUT2D eigenvalue weighted by Crippen LogP contribution is 2.50. The topological polar surface area (TPSA) is 17.1 Å². The average Bonchev–Trinajstić information content (AvgIpc) is 2.48. The van der Waals surface area contributed by atoms with Crippen molar-refractivity contribution in [3.8, 4) is 0 Å². The Bertz CT molecular complexity index is 191. The van der Waals surface area contributed by atoms with E-state index in [1.165, 1.54) is 12.0 Å². The first kappa shape index (κ1) is 7.08. The summed E-state index contributed by atoms with van der Waals surface area (Å²) in [5.74, 6) is 0.472. The molecule has 0 aromatic heterocycles. The fourth-order valence-electron chi connectivity index (χ4n) is 2.59. The maximum Gasteiger partial charge on any atom is 0.143 e. The molecule has 1 heteroatoms. The Morgan fingerprint density at radius 3 is 2.27 bits per heavy atom. The summed E-state index contributed by atoms with van der Waals surface area (Å²) in [6, 6.07) is 0. The van der Waals surface area contributed by atoms with E-state index in [4.69, 9.17) is 0 Å². The van der Waals surface area contributed by atoms with Gasteiger partial charge in [-0.15, -0.1) is 0 Å². The van der Waals surface area contributed by atoms with Crippen molar-refractivity contribution < 1.29 is 4.79 Å². The quantitative estimate of drug-likeness (QED) is 0.485. The van der Waals surface area contributed by atoms with E-state index in [-0.39, 0.29) is 5.41 Å². The van der Waals surface area contributed by atoms with E-state index in [1.807, 2.05) is 0 Å². The molecule has 0 unspecified atom stereocenters. The largest absolute Gasteiger partial charge is 0.299 e. The first-order valence-electron chi connectivity index (χ1n) is 4.47. The molecule has 11 heavy (non-hydrogen) atoms. The molecule has 0 aliphatic heterocycles. The predicted molar refractivity (Wildman–Crippen MR) is 44.3 cm³/mol. The molecule has 0 aromatic carbocycles. The zero-order valence-electron chi connectivity index (χ0n) is 6.86. The minimum atomic E-state index is -0.0278. The molecule has 2 aliphatic rings. The highest BCUT2D eigenvalue weighted by molar-refractivity contribution is 5.90. The van der Waals surface area contributed by atoms with E-state index >= 15 is 0 Å². The Hall–Kier alpha value is -0.590. The molecule has 0 amide bonds. The SMILES string of the molecule is C=C1CCC[C@]12CCCC2=O. The van der Waals surface area contributed by atoms with Crippen molar-refractivity contribution in [3.63, 3.8) is 0 Å². The van der Waals surface area contributed by atoms with Crippen LogP contribution >= 0.6 is 0 Å². The van der Waals surface area contributed by atoms with Gasteiger partial charge in [0.15, 0.2) is 0 Å². The Balaban J connectivity index is 2.33. The summed E-state index contributed by atoms with van der Waals surface area (Å²) >= 11 is 0. The van der Waals surface area contributed by atoms with Crippen molar-refractivity contribution in [1.82, 2.24) is 0 Å². The number of ketones is 1. The zero-order chi connectivity index (χ0) is 7.90. The van der Waals surface area contributed by atoms with Crippen molar-refractivity contribution >= 4 is 5.78 Å². The van der Waals surface area contributed by atoms with Crippen LogP contribution in [-0.4, -0.2) is 5.78 Å². The molecule has 0 heterocycles. The van der Waals surface area contributed by atoms with Gasteiger partial charge in [0.1, 0.15) is 5.78 Å². The van der Waals surface area contributed by atoms with Crippen LogP contribution < -0.4 is 0 Å². The molecular formula is C10H14O. The highest BCUT2D eigenvalue weighted by Gasteiger charge is 2.46. The maximum atomic E-state index is 11.5. The summed E-state index contributed by atoms with van der Waals surface area (Å²) in [5.41, 5.74) is 1.19. The second-order valence-corrected chi connectivity index (χ2v) is 3.82. The standard InChI is InChI=1S/C10H14O/c1-8-4-2-6-10(8)7-3-5-9(10)11/h1-7H2/t10-/m0/s1. The fraction of sp³-hybridized carbons (Fsp3) is 0.700. The van der Waals surface area contributed by atoms with E-state index < -0.39 is 0 Å². The molecule has 2 rings (SSSR count). The van der Waals surface area contributed by atoms with E-state index in [2.05, 4.69) is 6.58 Å². The molecule has 0 radical (unpaired) electrons. The minimum Gasteiger partial charge on any atom is -0.299 e. The van der Waals surface area contributed by atoms with Gasteiger partial charge in [0.2, 0.25) is 0 Å². The van der Waals surface area contributed by atoms with Gasteiger partial charge in [-0.1, -0.05) is 12.2 Å². The van der Waals surface area contributed by atoms with Crippen molar-refractivity contribution in [1.29, 1.82) is 0 Å². The van der Waals surface area contributed by atoms with Gasteiger partial charge in [0, 0.05) is 11.8 Å². The lowest BCUT2D eigenvalue weighted by atomic mass is 9.80. The number of carbonyl (C=O) groups excluding carboxylic acids is 1. The Kier molecular flexibility index (Phi) is 1.41. The molecule has 2 aliphatic carbocycles. The average molecular weight is 150 g/mol. The molecule has 1 spiro atoms. The lowest BCUT2D eigenvalue weighted by molar-refractivity contribution is -0.123. The fourth-order valence-corrected chi connectivity index (χ4v) is 2.59. The van der Waals surface area contributed by atoms with Crippen LogP contribution in [0.15, 0.2) is 12.2 Å². The lowest BCUT2D eigenvalue weighted by Gasteiger charge is -2.21. The van der Waals surface area contributed by atoms with Crippen molar-refractivity contribution in [3.05, 3.63) is 12.2 Å². The molecule has 2 saturated carbocycles. The number of hydrogen-bond acceptors (Lipinski definition) is 1. The number of hydrogen-bond donors (Lipinski definition) is 0. The van der Waals surface area contributed by atoms with Crippen molar-refractivity contribution in [2.75, 3.05) is 0 Å². The summed E-state index contributed by atoms with van der Waals surface area (Å²) in [7, 11) is 0. The van der Waals surface area contributed by atoms with E-state index in [1.54, 1.807) is 0 Å². The molecule has 2 fully saturated rings. The van der Waals surface area contributed by atoms with Crippen LogP contribution in [0.2, 0.25) is 0 Å². The Morgan fingerprint density at radius 1 is 1.18 bits per heavy atom. The molecule has 0 N–H and O–H groups in total. The van der Waals surface area contributed by atoms with Crippen LogP contribution in [0.4, 0.5) is 0 Å². The van der Waals surface area contributed by atoms with Gasteiger partial charge >= 0.3 is 0 Å². The smallest absolute Gasteiger partial charge is 0.143 e. The number of Topliss-reactive ketones (excluding diaryl/α,β-unsaturated/α-hetero) is 1. The monoisotopic (exact) mass is 150 g/mol. The third kappa shape index (κ3) is 0.800. The van der Waals surface area contributed by atoms with Gasteiger partial charge in [-0.05, 0) is 32.1 Å². The Labute approximate surface area is 67.5 Å². The highest BCUT2D eigenvalue weighted by atomic mass is 16.1. The molecule has 60 valence electrons. The third-order valence-corrected chi connectivity index (χ3v) is 3.30. The molecule has 1 atom stereocenters. The molecular weight excluding hydrogens is 136 g/mol. The van der Waals surface area contributed by atoms with E-state index in [9.17, 15) is 4.79 Å². The van der Waals surface area contributed by atoms with E-state index in [0.29, 0.717) is 5.78 Å². The second kappa shape index (κ2) is 2.20.